The molecule has 0 spiro atoms. The molecule has 0 aliphatic heterocycles. The Morgan fingerprint density at radius 3 is 2.46 bits per heavy atom. The Balaban J connectivity index is 1.71. The van der Waals surface area contributed by atoms with Gasteiger partial charge in [-0.1, -0.05) is 59.8 Å². The maximum Gasteiger partial charge on any atom is 0.178 e. The molecular formula is C22H24N2O4. The van der Waals surface area contributed by atoms with Crippen LogP contribution >= 0.6 is 0 Å². The minimum atomic E-state index is 0.128. The minimum absolute atomic E-state index is 0.128. The summed E-state index contributed by atoms with van der Waals surface area (Å²) in [7, 11) is 3.02. The van der Waals surface area contributed by atoms with Crippen LogP contribution < -0.4 is 5.06 Å². The monoisotopic (exact) mass is 380 g/mol. The lowest BCUT2D eigenvalue weighted by molar-refractivity contribution is -0.280. The maximum absolute atomic E-state index is 5.62. The van der Waals surface area contributed by atoms with E-state index in [9.17, 15) is 0 Å². The second-order valence-corrected chi connectivity index (χ2v) is 6.12. The summed E-state index contributed by atoms with van der Waals surface area (Å²) >= 11 is 0. The van der Waals surface area contributed by atoms with Gasteiger partial charge in [0.15, 0.2) is 6.73 Å². The van der Waals surface area contributed by atoms with Gasteiger partial charge >= 0.3 is 0 Å². The highest BCUT2D eigenvalue weighted by Gasteiger charge is 2.12. The van der Waals surface area contributed by atoms with Crippen LogP contribution in [0.25, 0.3) is 10.8 Å². The van der Waals surface area contributed by atoms with Crippen LogP contribution in [0.15, 0.2) is 71.9 Å². The van der Waals surface area contributed by atoms with Crippen LogP contribution in [-0.4, -0.2) is 26.7 Å². The fourth-order valence-electron chi connectivity index (χ4n) is 2.86. The van der Waals surface area contributed by atoms with E-state index < -0.39 is 0 Å². The average Bonchev–Trinajstić information content (AvgIpc) is 2.74. The number of benzene rings is 3. The van der Waals surface area contributed by atoms with Crippen molar-refractivity contribution in [3.8, 4) is 0 Å². The Morgan fingerprint density at radius 1 is 0.929 bits per heavy atom. The molecule has 0 radical (unpaired) electrons. The molecule has 0 fully saturated rings. The van der Waals surface area contributed by atoms with Crippen LogP contribution in [-0.2, 0) is 26.1 Å². The van der Waals surface area contributed by atoms with Crippen molar-refractivity contribution in [3.05, 3.63) is 77.9 Å². The molecule has 28 heavy (non-hydrogen) atoms. The van der Waals surface area contributed by atoms with Gasteiger partial charge in [-0.2, -0.15) is 0 Å². The molecule has 6 heteroatoms. The van der Waals surface area contributed by atoms with Crippen LogP contribution in [0.1, 0.15) is 18.1 Å². The number of rotatable bonds is 9. The first-order chi connectivity index (χ1) is 13.7. The summed E-state index contributed by atoms with van der Waals surface area (Å²) < 4.78 is 0. The van der Waals surface area contributed by atoms with Gasteiger partial charge in [0.25, 0.3) is 0 Å². The molecule has 3 aromatic carbocycles. The number of nitrogens with zero attached hydrogens (tertiary/aromatic N) is 2. The Hall–Kier alpha value is -2.93. The summed E-state index contributed by atoms with van der Waals surface area (Å²) in [5.74, 6) is 0. The van der Waals surface area contributed by atoms with Crippen molar-refractivity contribution in [1.82, 2.24) is 0 Å². The third-order valence-electron chi connectivity index (χ3n) is 4.36. The zero-order chi connectivity index (χ0) is 19.8. The van der Waals surface area contributed by atoms with Crippen molar-refractivity contribution in [3.63, 3.8) is 0 Å². The van der Waals surface area contributed by atoms with Crippen molar-refractivity contribution < 1.29 is 19.5 Å². The number of hydroxylamine groups is 1. The second-order valence-electron chi connectivity index (χ2n) is 6.12. The number of fused-ring (bicyclic) bond motifs is 1. The molecule has 0 N–H and O–H groups in total. The normalized spacial score (nSPS) is 11.6. The fraction of sp³-hybridized carbons (Fsp3) is 0.227. The Labute approximate surface area is 164 Å². The molecule has 0 aromatic heterocycles. The highest BCUT2D eigenvalue weighted by Crippen LogP contribution is 2.22. The fourth-order valence-corrected chi connectivity index (χ4v) is 2.86. The lowest BCUT2D eigenvalue weighted by Gasteiger charge is -2.22. The molecular weight excluding hydrogens is 356 g/mol. The molecule has 0 saturated carbocycles. The van der Waals surface area contributed by atoms with Crippen LogP contribution in [0.2, 0.25) is 0 Å². The van der Waals surface area contributed by atoms with Crippen molar-refractivity contribution in [2.75, 3.05) is 26.0 Å². The summed E-state index contributed by atoms with van der Waals surface area (Å²) in [6.45, 7) is 2.36. The van der Waals surface area contributed by atoms with Gasteiger partial charge in [-0.25, -0.2) is 14.8 Å². The highest BCUT2D eigenvalue weighted by atomic mass is 17.2. The van der Waals surface area contributed by atoms with Crippen molar-refractivity contribution in [1.29, 1.82) is 0 Å². The summed E-state index contributed by atoms with van der Waals surface area (Å²) in [5.41, 5.74) is 3.58. The van der Waals surface area contributed by atoms with Crippen molar-refractivity contribution >= 4 is 22.2 Å². The standard InChI is InChI=1S/C22H24N2O4/c1-17(19-13-12-18-8-4-5-9-20(18)14-19)23-27-15-21-10-6-7-11-22(21)24(25-2)16-28-26-3/h4-14H,15-16H2,1-3H3/b23-17+. The predicted octanol–water partition coefficient (Wildman–Crippen LogP) is 4.68. The molecule has 0 saturated heterocycles. The van der Waals surface area contributed by atoms with Crippen LogP contribution in [0.4, 0.5) is 5.69 Å². The number of hydrogen-bond donors (Lipinski definition) is 0. The Kier molecular flexibility index (Phi) is 6.97. The van der Waals surface area contributed by atoms with E-state index in [1.807, 2.05) is 49.4 Å². The zero-order valence-electron chi connectivity index (χ0n) is 16.3. The molecule has 0 bridgehead atoms. The lowest BCUT2D eigenvalue weighted by Crippen LogP contribution is -2.25. The topological polar surface area (TPSA) is 52.5 Å². The minimum Gasteiger partial charge on any atom is -0.391 e. The van der Waals surface area contributed by atoms with E-state index in [2.05, 4.69) is 34.3 Å². The molecule has 0 amide bonds. The summed E-state index contributed by atoms with van der Waals surface area (Å²) in [6, 6.07) is 22.2. The molecule has 3 rings (SSSR count). The largest absolute Gasteiger partial charge is 0.391 e. The lowest BCUT2D eigenvalue weighted by atomic mass is 10.0. The van der Waals surface area contributed by atoms with Crippen molar-refractivity contribution in [2.45, 2.75) is 13.5 Å². The average molecular weight is 380 g/mol. The van der Waals surface area contributed by atoms with Crippen molar-refractivity contribution in [2.24, 2.45) is 5.16 Å². The van der Waals surface area contributed by atoms with Gasteiger partial charge < -0.3 is 4.84 Å². The van der Waals surface area contributed by atoms with Crippen LogP contribution in [0, 0.1) is 0 Å². The SMILES string of the molecule is COOCN(OC)c1ccccc1CO/N=C(\C)c1ccc2ccccc2c1. The first kappa shape index (κ1) is 19.8. The van der Waals surface area contributed by atoms with E-state index in [4.69, 9.17) is 14.6 Å². The van der Waals surface area contributed by atoms with Gasteiger partial charge in [0, 0.05) is 5.56 Å². The third-order valence-corrected chi connectivity index (χ3v) is 4.36. The molecule has 146 valence electrons. The quantitative estimate of drug-likeness (QED) is 0.233. The summed E-state index contributed by atoms with van der Waals surface area (Å²) in [4.78, 5) is 20.6. The number of hydrogen-bond acceptors (Lipinski definition) is 6. The van der Waals surface area contributed by atoms with E-state index in [0.29, 0.717) is 6.61 Å². The zero-order valence-corrected chi connectivity index (χ0v) is 16.3. The van der Waals surface area contributed by atoms with E-state index in [1.165, 1.54) is 17.9 Å². The number of anilines is 1. The summed E-state index contributed by atoms with van der Waals surface area (Å²) in [5, 5.41) is 8.23. The Morgan fingerprint density at radius 2 is 1.68 bits per heavy atom. The van der Waals surface area contributed by atoms with Gasteiger partial charge in [-0.3, -0.25) is 4.84 Å². The van der Waals surface area contributed by atoms with Gasteiger partial charge in [-0.15, -0.1) is 0 Å². The van der Waals surface area contributed by atoms with Gasteiger partial charge in [-0.05, 0) is 35.4 Å². The first-order valence-corrected chi connectivity index (χ1v) is 8.94. The predicted molar refractivity (Wildman–Crippen MR) is 110 cm³/mol. The van der Waals surface area contributed by atoms with Crippen LogP contribution in [0.3, 0.4) is 0 Å². The maximum atomic E-state index is 5.62. The van der Waals surface area contributed by atoms with Gasteiger partial charge in [0.2, 0.25) is 0 Å². The van der Waals surface area contributed by atoms with Gasteiger partial charge in [0.05, 0.1) is 25.6 Å². The molecule has 6 nitrogen and oxygen atoms in total. The summed E-state index contributed by atoms with van der Waals surface area (Å²) in [6.07, 6.45) is 0. The molecule has 3 aromatic rings. The van der Waals surface area contributed by atoms with E-state index >= 15 is 0 Å². The molecule has 0 atom stereocenters. The smallest absolute Gasteiger partial charge is 0.178 e. The molecule has 0 aliphatic carbocycles. The number of oxime groups is 1. The molecule has 0 heterocycles. The van der Waals surface area contributed by atoms with E-state index in [-0.39, 0.29) is 6.73 Å². The molecule has 0 unspecified atom stereocenters. The van der Waals surface area contributed by atoms with E-state index in [0.717, 1.165) is 22.5 Å². The van der Waals surface area contributed by atoms with Crippen LogP contribution in [0.5, 0.6) is 0 Å². The first-order valence-electron chi connectivity index (χ1n) is 8.94. The molecule has 0 aliphatic rings. The van der Waals surface area contributed by atoms with E-state index in [1.54, 1.807) is 12.2 Å². The second kappa shape index (κ2) is 9.85. The highest BCUT2D eigenvalue weighted by molar-refractivity contribution is 6.01. The third kappa shape index (κ3) is 4.86. The number of para-hydroxylation sites is 1. The van der Waals surface area contributed by atoms with Gasteiger partial charge in [0.1, 0.15) is 6.61 Å². The Bertz CT molecular complexity index is 942.